The van der Waals surface area contributed by atoms with Gasteiger partial charge in [-0.25, -0.2) is 0 Å². The molecule has 0 unspecified atom stereocenters. The van der Waals surface area contributed by atoms with Gasteiger partial charge < -0.3 is 10.3 Å². The molecule has 5 heteroatoms. The van der Waals surface area contributed by atoms with E-state index in [9.17, 15) is 0 Å². The normalized spacial score (nSPS) is 17.1. The Morgan fingerprint density at radius 1 is 1.47 bits per heavy atom. The van der Waals surface area contributed by atoms with Crippen LogP contribution in [0, 0.1) is 0 Å². The van der Waals surface area contributed by atoms with Gasteiger partial charge in [-0.2, -0.15) is 4.98 Å². The molecule has 3 rings (SSSR count). The molecule has 0 aromatic carbocycles. The first-order chi connectivity index (χ1) is 8.24. The fourth-order valence-electron chi connectivity index (χ4n) is 1.72. The molecule has 0 radical (unpaired) electrons. The Kier molecular flexibility index (Phi) is 2.40. The molecule has 0 spiro atoms. The lowest BCUT2D eigenvalue weighted by atomic mass is 10.2. The van der Waals surface area contributed by atoms with Crippen molar-refractivity contribution in [2.75, 3.05) is 0 Å². The van der Waals surface area contributed by atoms with Crippen molar-refractivity contribution >= 4 is 0 Å². The lowest BCUT2D eigenvalue weighted by Crippen LogP contribution is -2.06. The van der Waals surface area contributed by atoms with E-state index in [0.29, 0.717) is 17.6 Å². The molecule has 17 heavy (non-hydrogen) atoms. The van der Waals surface area contributed by atoms with Gasteiger partial charge in [-0.05, 0) is 31.9 Å². The zero-order valence-electron chi connectivity index (χ0n) is 9.63. The van der Waals surface area contributed by atoms with Gasteiger partial charge in [0.05, 0.1) is 6.04 Å². The average Bonchev–Trinajstić information content (AvgIpc) is 3.06. The predicted octanol–water partition coefficient (Wildman–Crippen LogP) is 2.03. The molecule has 1 saturated carbocycles. The molecule has 0 saturated heterocycles. The first-order valence-electron chi connectivity index (χ1n) is 5.79. The Morgan fingerprint density at radius 2 is 2.29 bits per heavy atom. The Bertz CT molecular complexity index is 531. The van der Waals surface area contributed by atoms with Crippen LogP contribution in [0.1, 0.15) is 43.2 Å². The summed E-state index contributed by atoms with van der Waals surface area (Å²) in [5, 5.41) is 3.85. The minimum Gasteiger partial charge on any atom is -0.334 e. The fourth-order valence-corrected chi connectivity index (χ4v) is 1.72. The molecule has 2 N–H and O–H groups in total. The van der Waals surface area contributed by atoms with Crippen LogP contribution in [0.5, 0.6) is 0 Å². The van der Waals surface area contributed by atoms with Crippen molar-refractivity contribution in [3.63, 3.8) is 0 Å². The third-order valence-electron chi connectivity index (χ3n) is 2.87. The van der Waals surface area contributed by atoms with E-state index in [4.69, 9.17) is 10.3 Å². The van der Waals surface area contributed by atoms with Crippen LogP contribution in [-0.2, 0) is 0 Å². The zero-order chi connectivity index (χ0) is 11.8. The Hall–Kier alpha value is -1.75. The van der Waals surface area contributed by atoms with Crippen LogP contribution in [0.15, 0.2) is 22.9 Å². The van der Waals surface area contributed by atoms with Crippen LogP contribution in [0.3, 0.4) is 0 Å². The van der Waals surface area contributed by atoms with Gasteiger partial charge in [0.2, 0.25) is 0 Å². The number of hydrogen-bond donors (Lipinski definition) is 1. The van der Waals surface area contributed by atoms with Crippen molar-refractivity contribution in [2.24, 2.45) is 5.73 Å². The van der Waals surface area contributed by atoms with Crippen molar-refractivity contribution in [3.05, 3.63) is 29.8 Å². The second kappa shape index (κ2) is 3.92. The number of aromatic nitrogens is 3. The largest absolute Gasteiger partial charge is 0.334 e. The Labute approximate surface area is 99.1 Å². The van der Waals surface area contributed by atoms with Crippen LogP contribution in [0.2, 0.25) is 0 Å². The molecule has 1 fully saturated rings. The smallest absolute Gasteiger partial charge is 0.258 e. The SMILES string of the molecule is C[C@H](N)c1noc(-c2ccnc(C3CC3)c2)n1. The van der Waals surface area contributed by atoms with Crippen molar-refractivity contribution < 1.29 is 4.52 Å². The first kappa shape index (κ1) is 10.4. The van der Waals surface area contributed by atoms with E-state index < -0.39 is 0 Å². The van der Waals surface area contributed by atoms with E-state index in [1.165, 1.54) is 12.8 Å². The van der Waals surface area contributed by atoms with Crippen LogP contribution in [-0.4, -0.2) is 15.1 Å². The summed E-state index contributed by atoms with van der Waals surface area (Å²) < 4.78 is 5.20. The van der Waals surface area contributed by atoms with Crippen molar-refractivity contribution in [2.45, 2.75) is 31.7 Å². The molecule has 5 nitrogen and oxygen atoms in total. The number of pyridine rings is 1. The van der Waals surface area contributed by atoms with E-state index in [1.807, 2.05) is 19.1 Å². The first-order valence-corrected chi connectivity index (χ1v) is 5.79. The standard InChI is InChI=1S/C12H14N4O/c1-7(13)11-15-12(17-16-11)9-4-5-14-10(6-9)8-2-3-8/h4-8H,2-3,13H2,1H3/t7-/m0/s1. The van der Waals surface area contributed by atoms with E-state index in [-0.39, 0.29) is 6.04 Å². The number of nitrogens with two attached hydrogens (primary N) is 1. The zero-order valence-corrected chi connectivity index (χ0v) is 9.63. The van der Waals surface area contributed by atoms with E-state index in [2.05, 4.69) is 15.1 Å². The van der Waals surface area contributed by atoms with Gasteiger partial charge in [0.15, 0.2) is 5.82 Å². The number of rotatable bonds is 3. The molecule has 1 atom stereocenters. The summed E-state index contributed by atoms with van der Waals surface area (Å²) in [7, 11) is 0. The van der Waals surface area contributed by atoms with E-state index >= 15 is 0 Å². The second-order valence-electron chi connectivity index (χ2n) is 4.49. The maximum Gasteiger partial charge on any atom is 0.258 e. The third kappa shape index (κ3) is 2.06. The highest BCUT2D eigenvalue weighted by Gasteiger charge is 2.25. The van der Waals surface area contributed by atoms with Crippen molar-refractivity contribution in [1.29, 1.82) is 0 Å². The van der Waals surface area contributed by atoms with Gasteiger partial charge in [-0.1, -0.05) is 5.16 Å². The van der Waals surface area contributed by atoms with Gasteiger partial charge in [-0.3, -0.25) is 4.98 Å². The maximum atomic E-state index is 5.70. The summed E-state index contributed by atoms with van der Waals surface area (Å²) in [5.74, 6) is 1.66. The summed E-state index contributed by atoms with van der Waals surface area (Å²) in [5.41, 5.74) is 7.73. The lowest BCUT2D eigenvalue weighted by molar-refractivity contribution is 0.418. The van der Waals surface area contributed by atoms with Crippen molar-refractivity contribution in [3.8, 4) is 11.5 Å². The highest BCUT2D eigenvalue weighted by atomic mass is 16.5. The molecule has 2 heterocycles. The molecule has 0 bridgehead atoms. The van der Waals surface area contributed by atoms with Gasteiger partial charge in [-0.15, -0.1) is 0 Å². The Morgan fingerprint density at radius 3 is 2.94 bits per heavy atom. The summed E-state index contributed by atoms with van der Waals surface area (Å²) in [4.78, 5) is 8.62. The van der Waals surface area contributed by atoms with Gasteiger partial charge >= 0.3 is 0 Å². The summed E-state index contributed by atoms with van der Waals surface area (Å²) in [6.45, 7) is 1.83. The number of nitrogens with zero attached hydrogens (tertiary/aromatic N) is 3. The van der Waals surface area contributed by atoms with Crippen LogP contribution >= 0.6 is 0 Å². The average molecular weight is 230 g/mol. The van der Waals surface area contributed by atoms with Crippen molar-refractivity contribution in [1.82, 2.24) is 15.1 Å². The van der Waals surface area contributed by atoms with Gasteiger partial charge in [0.1, 0.15) is 0 Å². The molecule has 2 aromatic rings. The van der Waals surface area contributed by atoms with Crippen LogP contribution < -0.4 is 5.73 Å². The molecule has 88 valence electrons. The molecule has 1 aliphatic rings. The van der Waals surface area contributed by atoms with E-state index in [0.717, 1.165) is 11.3 Å². The maximum absolute atomic E-state index is 5.70. The predicted molar refractivity (Wildman–Crippen MR) is 62.1 cm³/mol. The lowest BCUT2D eigenvalue weighted by Gasteiger charge is -1.98. The topological polar surface area (TPSA) is 77.8 Å². The molecule has 0 aliphatic heterocycles. The molecule has 2 aromatic heterocycles. The Balaban J connectivity index is 1.93. The van der Waals surface area contributed by atoms with Crippen LogP contribution in [0.25, 0.3) is 11.5 Å². The summed E-state index contributed by atoms with van der Waals surface area (Å²) >= 11 is 0. The quantitative estimate of drug-likeness (QED) is 0.872. The van der Waals surface area contributed by atoms with Gasteiger partial charge in [0.25, 0.3) is 5.89 Å². The highest BCUT2D eigenvalue weighted by molar-refractivity contribution is 5.53. The molecular formula is C12H14N4O. The summed E-state index contributed by atoms with van der Waals surface area (Å²) in [6.07, 6.45) is 4.25. The minimum absolute atomic E-state index is 0.211. The second-order valence-corrected chi connectivity index (χ2v) is 4.49. The molecular weight excluding hydrogens is 216 g/mol. The number of hydrogen-bond acceptors (Lipinski definition) is 5. The molecule has 0 amide bonds. The highest BCUT2D eigenvalue weighted by Crippen LogP contribution is 2.39. The monoisotopic (exact) mass is 230 g/mol. The third-order valence-corrected chi connectivity index (χ3v) is 2.87. The fraction of sp³-hybridized carbons (Fsp3) is 0.417. The molecule has 1 aliphatic carbocycles. The van der Waals surface area contributed by atoms with Gasteiger partial charge in [0, 0.05) is 23.4 Å². The van der Waals surface area contributed by atoms with E-state index in [1.54, 1.807) is 6.20 Å². The minimum atomic E-state index is -0.211. The summed E-state index contributed by atoms with van der Waals surface area (Å²) in [6, 6.07) is 3.69. The van der Waals surface area contributed by atoms with Crippen LogP contribution in [0.4, 0.5) is 0 Å².